The Morgan fingerprint density at radius 2 is 1.97 bits per heavy atom. The first-order valence-electron chi connectivity index (χ1n) is 10.7. The van der Waals surface area contributed by atoms with E-state index in [0.29, 0.717) is 11.1 Å². The zero-order valence-corrected chi connectivity index (χ0v) is 18.7. The van der Waals surface area contributed by atoms with E-state index in [9.17, 15) is 9.59 Å². The molecule has 0 radical (unpaired) electrons. The van der Waals surface area contributed by atoms with Gasteiger partial charge in [-0.1, -0.05) is 0 Å². The molecule has 1 aliphatic heterocycles. The number of aryl methyl sites for hydroxylation is 3. The zero-order valence-electron chi connectivity index (χ0n) is 18.7. The highest BCUT2D eigenvalue weighted by Crippen LogP contribution is 2.29. The molecule has 1 aromatic carbocycles. The molecule has 0 bridgehead atoms. The molecule has 3 heterocycles. The van der Waals surface area contributed by atoms with E-state index in [1.54, 1.807) is 0 Å². The molecule has 0 spiro atoms. The van der Waals surface area contributed by atoms with Gasteiger partial charge in [-0.3, -0.25) is 14.6 Å². The Labute approximate surface area is 181 Å². The van der Waals surface area contributed by atoms with Gasteiger partial charge in [0.2, 0.25) is 0 Å². The number of amidine groups is 1. The van der Waals surface area contributed by atoms with Crippen LogP contribution in [-0.4, -0.2) is 34.4 Å². The zero-order chi connectivity index (χ0) is 22.3. The fraction of sp³-hybridized carbons (Fsp3) is 0.375. The third-order valence-electron chi connectivity index (χ3n) is 5.79. The molecule has 3 aromatic rings. The quantitative estimate of drug-likeness (QED) is 0.593. The van der Waals surface area contributed by atoms with Crippen LogP contribution in [0.2, 0.25) is 0 Å². The summed E-state index contributed by atoms with van der Waals surface area (Å²) < 4.78 is 2.19. The number of pyridine rings is 1. The van der Waals surface area contributed by atoms with Crippen LogP contribution >= 0.6 is 0 Å². The standard InChI is InChI=1S/C24H29N5O2/c1-13(2)29-12-15(4)21-18(9-17(10-20(21)29)22-25-6-7-26-22)23(30)27-11-19-14(3)8-16(5)28-24(19)31/h8-10,12-13H,6-7,11H2,1-5H3,(H,25,26)(H,27,30)(H,28,31). The van der Waals surface area contributed by atoms with Crippen LogP contribution in [0.4, 0.5) is 0 Å². The van der Waals surface area contributed by atoms with Gasteiger partial charge in [-0.2, -0.15) is 0 Å². The molecule has 7 nitrogen and oxygen atoms in total. The van der Waals surface area contributed by atoms with Crippen molar-refractivity contribution in [1.29, 1.82) is 0 Å². The average molecular weight is 420 g/mol. The van der Waals surface area contributed by atoms with Crippen molar-refractivity contribution in [2.24, 2.45) is 4.99 Å². The van der Waals surface area contributed by atoms with Crippen molar-refractivity contribution in [3.8, 4) is 0 Å². The summed E-state index contributed by atoms with van der Waals surface area (Å²) >= 11 is 0. The summed E-state index contributed by atoms with van der Waals surface area (Å²) in [6.45, 7) is 11.7. The number of H-pyrrole nitrogens is 1. The first-order chi connectivity index (χ1) is 14.8. The van der Waals surface area contributed by atoms with Crippen molar-refractivity contribution < 1.29 is 4.79 Å². The number of fused-ring (bicyclic) bond motifs is 1. The SMILES string of the molecule is Cc1cc(C)c(CNC(=O)c2cc(C3=NCCN3)cc3c2c(C)cn3C(C)C)c(=O)[nH]1. The van der Waals surface area contributed by atoms with Gasteiger partial charge in [0.1, 0.15) is 5.84 Å². The molecule has 162 valence electrons. The Morgan fingerprint density at radius 3 is 2.61 bits per heavy atom. The molecule has 0 unspecified atom stereocenters. The first-order valence-corrected chi connectivity index (χ1v) is 10.7. The Bertz CT molecular complexity index is 1260. The van der Waals surface area contributed by atoms with Crippen LogP contribution < -0.4 is 16.2 Å². The van der Waals surface area contributed by atoms with Gasteiger partial charge in [0.15, 0.2) is 0 Å². The van der Waals surface area contributed by atoms with Gasteiger partial charge in [-0.15, -0.1) is 0 Å². The number of hydrogen-bond donors (Lipinski definition) is 3. The summed E-state index contributed by atoms with van der Waals surface area (Å²) in [6, 6.07) is 6.18. The van der Waals surface area contributed by atoms with Crippen molar-refractivity contribution in [3.63, 3.8) is 0 Å². The molecule has 1 amide bonds. The molecule has 0 atom stereocenters. The highest BCUT2D eigenvalue weighted by Gasteiger charge is 2.21. The van der Waals surface area contributed by atoms with Crippen LogP contribution in [0.5, 0.6) is 0 Å². The lowest BCUT2D eigenvalue weighted by atomic mass is 10.0. The molecular weight excluding hydrogens is 390 g/mol. The van der Waals surface area contributed by atoms with Crippen LogP contribution in [0.25, 0.3) is 10.9 Å². The van der Waals surface area contributed by atoms with E-state index in [-0.39, 0.29) is 24.1 Å². The third-order valence-corrected chi connectivity index (χ3v) is 5.79. The number of carbonyl (C=O) groups is 1. The number of aromatic nitrogens is 2. The van der Waals surface area contributed by atoms with Gasteiger partial charge < -0.3 is 20.2 Å². The fourth-order valence-corrected chi connectivity index (χ4v) is 4.29. The third kappa shape index (κ3) is 3.87. The van der Waals surface area contributed by atoms with Crippen LogP contribution in [0.3, 0.4) is 0 Å². The Morgan fingerprint density at radius 1 is 1.19 bits per heavy atom. The summed E-state index contributed by atoms with van der Waals surface area (Å²) in [6.07, 6.45) is 2.09. The van der Waals surface area contributed by atoms with Crippen LogP contribution in [-0.2, 0) is 6.54 Å². The van der Waals surface area contributed by atoms with Crippen LogP contribution in [0.15, 0.2) is 34.2 Å². The number of hydrogen-bond acceptors (Lipinski definition) is 4. The number of carbonyl (C=O) groups excluding carboxylic acids is 1. The normalized spacial score (nSPS) is 13.5. The molecule has 0 fully saturated rings. The molecule has 2 aromatic heterocycles. The largest absolute Gasteiger partial charge is 0.368 e. The molecule has 0 saturated heterocycles. The Kier molecular flexibility index (Phi) is 5.43. The molecule has 0 saturated carbocycles. The second-order valence-corrected chi connectivity index (χ2v) is 8.51. The summed E-state index contributed by atoms with van der Waals surface area (Å²) in [4.78, 5) is 33.0. The Hall–Kier alpha value is -3.35. The minimum atomic E-state index is -0.200. The van der Waals surface area contributed by atoms with Crippen molar-refractivity contribution in [1.82, 2.24) is 20.2 Å². The lowest BCUT2D eigenvalue weighted by Crippen LogP contribution is -2.28. The predicted octanol–water partition coefficient (Wildman–Crippen LogP) is 3.12. The topological polar surface area (TPSA) is 91.3 Å². The lowest BCUT2D eigenvalue weighted by molar-refractivity contribution is 0.0952. The maximum atomic E-state index is 13.3. The molecule has 0 aliphatic carbocycles. The van der Waals surface area contributed by atoms with Gasteiger partial charge in [-0.25, -0.2) is 0 Å². The summed E-state index contributed by atoms with van der Waals surface area (Å²) in [5.74, 6) is 0.616. The number of aliphatic imine (C=N–C) groups is 1. The molecular formula is C24H29N5O2. The predicted molar refractivity (Wildman–Crippen MR) is 124 cm³/mol. The van der Waals surface area contributed by atoms with Gasteiger partial charge >= 0.3 is 0 Å². The molecule has 3 N–H and O–H groups in total. The fourth-order valence-electron chi connectivity index (χ4n) is 4.29. The van der Waals surface area contributed by atoms with Crippen molar-refractivity contribution in [2.45, 2.75) is 47.2 Å². The number of nitrogens with zero attached hydrogens (tertiary/aromatic N) is 2. The summed E-state index contributed by atoms with van der Waals surface area (Å²) in [7, 11) is 0. The van der Waals surface area contributed by atoms with Gasteiger partial charge in [0, 0.05) is 53.1 Å². The van der Waals surface area contributed by atoms with E-state index in [1.165, 1.54) is 0 Å². The Balaban J connectivity index is 1.77. The molecule has 1 aliphatic rings. The number of nitrogens with one attached hydrogen (secondary N) is 3. The van der Waals surface area contributed by atoms with Gasteiger partial charge in [0.25, 0.3) is 11.5 Å². The van der Waals surface area contributed by atoms with E-state index < -0.39 is 0 Å². The average Bonchev–Trinajstić information content (AvgIpc) is 3.35. The highest BCUT2D eigenvalue weighted by molar-refractivity contribution is 6.12. The summed E-state index contributed by atoms with van der Waals surface area (Å²) in [5.41, 5.74) is 5.64. The first kappa shape index (κ1) is 20.9. The van der Waals surface area contributed by atoms with Crippen molar-refractivity contribution in [3.05, 3.63) is 68.3 Å². The second-order valence-electron chi connectivity index (χ2n) is 8.51. The summed E-state index contributed by atoms with van der Waals surface area (Å²) in [5, 5.41) is 7.20. The van der Waals surface area contributed by atoms with Gasteiger partial charge in [0.05, 0.1) is 12.1 Å². The van der Waals surface area contributed by atoms with Gasteiger partial charge in [-0.05, 0) is 63.9 Å². The van der Waals surface area contributed by atoms with E-state index >= 15 is 0 Å². The molecule has 4 rings (SSSR count). The smallest absolute Gasteiger partial charge is 0.253 e. The monoisotopic (exact) mass is 419 g/mol. The van der Waals surface area contributed by atoms with Crippen molar-refractivity contribution >= 4 is 22.6 Å². The maximum absolute atomic E-state index is 13.3. The second kappa shape index (κ2) is 8.06. The van der Waals surface area contributed by atoms with Crippen LogP contribution in [0, 0.1) is 20.8 Å². The number of rotatable bonds is 5. The maximum Gasteiger partial charge on any atom is 0.253 e. The number of benzene rings is 1. The minimum Gasteiger partial charge on any atom is -0.368 e. The van der Waals surface area contributed by atoms with E-state index in [2.05, 4.69) is 51.3 Å². The minimum absolute atomic E-state index is 0.164. The van der Waals surface area contributed by atoms with Crippen molar-refractivity contribution in [2.75, 3.05) is 13.1 Å². The number of aromatic amines is 1. The van der Waals surface area contributed by atoms with E-state index in [1.807, 2.05) is 32.9 Å². The molecule has 7 heteroatoms. The molecule has 31 heavy (non-hydrogen) atoms. The van der Waals surface area contributed by atoms with Crippen LogP contribution in [0.1, 0.15) is 58.2 Å². The van der Waals surface area contributed by atoms with E-state index in [0.717, 1.165) is 52.2 Å². The van der Waals surface area contributed by atoms with E-state index in [4.69, 9.17) is 0 Å². The lowest BCUT2D eigenvalue weighted by Gasteiger charge is -2.14. The number of amides is 1. The highest BCUT2D eigenvalue weighted by atomic mass is 16.1.